The smallest absolute Gasteiger partial charge is 0.157 e. The van der Waals surface area contributed by atoms with Gasteiger partial charge >= 0.3 is 0 Å². The van der Waals surface area contributed by atoms with Gasteiger partial charge < -0.3 is 9.47 Å². The first-order chi connectivity index (χ1) is 8.33. The average Bonchev–Trinajstić information content (AvgIpc) is 2.98. The van der Waals surface area contributed by atoms with Crippen LogP contribution in [0, 0.1) is 17.8 Å². The van der Waals surface area contributed by atoms with E-state index in [1.54, 1.807) is 0 Å². The van der Waals surface area contributed by atoms with Gasteiger partial charge in [-0.3, -0.25) is 0 Å². The topological polar surface area (TPSA) is 18.5 Å². The molecule has 1 aliphatic carbocycles. The Balaban J connectivity index is 1.66. The van der Waals surface area contributed by atoms with E-state index >= 15 is 0 Å². The van der Waals surface area contributed by atoms with Crippen LogP contribution in [0.25, 0.3) is 0 Å². The molecule has 0 radical (unpaired) electrons. The molecule has 1 aliphatic heterocycles. The zero-order chi connectivity index (χ0) is 12.1. The normalized spacial score (nSPS) is 34.6. The van der Waals surface area contributed by atoms with Gasteiger partial charge in [-0.05, 0) is 49.9 Å². The van der Waals surface area contributed by atoms with Gasteiger partial charge in [0.25, 0.3) is 0 Å². The number of hydrogen-bond acceptors (Lipinski definition) is 2. The van der Waals surface area contributed by atoms with Gasteiger partial charge in [-0.15, -0.1) is 0 Å². The van der Waals surface area contributed by atoms with Gasteiger partial charge in [-0.2, -0.15) is 0 Å². The minimum absolute atomic E-state index is 0.110. The number of rotatable bonds is 6. The van der Waals surface area contributed by atoms with Crippen molar-refractivity contribution in [3.05, 3.63) is 0 Å². The van der Waals surface area contributed by atoms with E-state index in [0.717, 1.165) is 37.4 Å². The maximum atomic E-state index is 5.49. The molecule has 2 aliphatic rings. The third kappa shape index (κ3) is 3.69. The van der Waals surface area contributed by atoms with Crippen LogP contribution in [-0.2, 0) is 9.47 Å². The Morgan fingerprint density at radius 1 is 0.882 bits per heavy atom. The van der Waals surface area contributed by atoms with E-state index in [0.29, 0.717) is 0 Å². The molecular formula is C15H28O2. The molecule has 3 unspecified atom stereocenters. The van der Waals surface area contributed by atoms with Crippen molar-refractivity contribution < 1.29 is 9.47 Å². The SMILES string of the molecule is CCC1CC(CC)C(CCCC2OCCO2)C1. The van der Waals surface area contributed by atoms with Crippen molar-refractivity contribution >= 4 is 0 Å². The van der Waals surface area contributed by atoms with Gasteiger partial charge in [-0.1, -0.05) is 26.7 Å². The fraction of sp³-hybridized carbons (Fsp3) is 1.00. The summed E-state index contributed by atoms with van der Waals surface area (Å²) in [5, 5.41) is 0. The average molecular weight is 240 g/mol. The van der Waals surface area contributed by atoms with Crippen molar-refractivity contribution in [3.8, 4) is 0 Å². The predicted molar refractivity (Wildman–Crippen MR) is 69.8 cm³/mol. The molecule has 2 nitrogen and oxygen atoms in total. The third-order valence-corrected chi connectivity index (χ3v) is 4.75. The fourth-order valence-electron chi connectivity index (χ4n) is 3.64. The van der Waals surface area contributed by atoms with Crippen LogP contribution in [0.5, 0.6) is 0 Å². The summed E-state index contributed by atoms with van der Waals surface area (Å²) in [6, 6.07) is 0. The van der Waals surface area contributed by atoms with E-state index in [4.69, 9.17) is 9.47 Å². The van der Waals surface area contributed by atoms with E-state index in [2.05, 4.69) is 13.8 Å². The molecule has 0 aromatic carbocycles. The molecule has 0 amide bonds. The molecule has 100 valence electrons. The van der Waals surface area contributed by atoms with Gasteiger partial charge in [0.05, 0.1) is 13.2 Å². The molecule has 2 heteroatoms. The summed E-state index contributed by atoms with van der Waals surface area (Å²) in [7, 11) is 0. The van der Waals surface area contributed by atoms with Crippen molar-refractivity contribution in [2.75, 3.05) is 13.2 Å². The minimum Gasteiger partial charge on any atom is -0.350 e. The lowest BCUT2D eigenvalue weighted by Gasteiger charge is -2.18. The summed E-state index contributed by atoms with van der Waals surface area (Å²) in [5.74, 6) is 2.97. The molecule has 2 rings (SSSR count). The molecule has 1 saturated heterocycles. The second kappa shape index (κ2) is 6.75. The molecule has 2 fully saturated rings. The van der Waals surface area contributed by atoms with Crippen LogP contribution in [0.4, 0.5) is 0 Å². The molecule has 3 atom stereocenters. The van der Waals surface area contributed by atoms with Crippen LogP contribution >= 0.6 is 0 Å². The van der Waals surface area contributed by atoms with Gasteiger partial charge in [-0.25, -0.2) is 0 Å². The van der Waals surface area contributed by atoms with Crippen LogP contribution in [0.2, 0.25) is 0 Å². The lowest BCUT2D eigenvalue weighted by Crippen LogP contribution is -2.10. The zero-order valence-electron chi connectivity index (χ0n) is 11.5. The van der Waals surface area contributed by atoms with Crippen LogP contribution < -0.4 is 0 Å². The Bertz CT molecular complexity index is 211. The van der Waals surface area contributed by atoms with E-state index in [1.165, 1.54) is 38.5 Å². The van der Waals surface area contributed by atoms with E-state index in [1.807, 2.05) is 0 Å². The van der Waals surface area contributed by atoms with Crippen LogP contribution in [0.3, 0.4) is 0 Å². The first-order valence-electron chi connectivity index (χ1n) is 7.56. The quantitative estimate of drug-likeness (QED) is 0.699. The summed E-state index contributed by atoms with van der Waals surface area (Å²) in [6.45, 7) is 6.30. The monoisotopic (exact) mass is 240 g/mol. The second-order valence-electron chi connectivity index (χ2n) is 5.78. The first kappa shape index (κ1) is 13.4. The molecule has 1 heterocycles. The summed E-state index contributed by atoms with van der Waals surface area (Å²) >= 11 is 0. The Kier molecular flexibility index (Phi) is 5.30. The van der Waals surface area contributed by atoms with Gasteiger partial charge in [0, 0.05) is 0 Å². The van der Waals surface area contributed by atoms with E-state index < -0.39 is 0 Å². The van der Waals surface area contributed by atoms with Gasteiger partial charge in [0.2, 0.25) is 0 Å². The second-order valence-corrected chi connectivity index (χ2v) is 5.78. The molecule has 17 heavy (non-hydrogen) atoms. The number of ether oxygens (including phenoxy) is 2. The molecule has 0 bridgehead atoms. The predicted octanol–water partition coefficient (Wildman–Crippen LogP) is 3.99. The van der Waals surface area contributed by atoms with Crippen LogP contribution in [-0.4, -0.2) is 19.5 Å². The highest BCUT2D eigenvalue weighted by Gasteiger charge is 2.31. The maximum absolute atomic E-state index is 5.49. The summed E-state index contributed by atoms with van der Waals surface area (Å²) < 4.78 is 11.0. The minimum atomic E-state index is 0.110. The summed E-state index contributed by atoms with van der Waals surface area (Å²) in [5.41, 5.74) is 0. The third-order valence-electron chi connectivity index (χ3n) is 4.75. The molecule has 0 aromatic heterocycles. The largest absolute Gasteiger partial charge is 0.350 e. The summed E-state index contributed by atoms with van der Waals surface area (Å²) in [6.07, 6.45) is 9.58. The van der Waals surface area contributed by atoms with E-state index in [9.17, 15) is 0 Å². The molecular weight excluding hydrogens is 212 g/mol. The van der Waals surface area contributed by atoms with Crippen molar-refractivity contribution in [2.24, 2.45) is 17.8 Å². The maximum Gasteiger partial charge on any atom is 0.157 e. The van der Waals surface area contributed by atoms with Crippen molar-refractivity contribution in [1.29, 1.82) is 0 Å². The standard InChI is InChI=1S/C15H28O2/c1-3-12-10-13(4-2)14(11-12)6-5-7-15-16-8-9-17-15/h12-15H,3-11H2,1-2H3. The first-order valence-corrected chi connectivity index (χ1v) is 7.56. The Morgan fingerprint density at radius 2 is 1.59 bits per heavy atom. The summed E-state index contributed by atoms with van der Waals surface area (Å²) in [4.78, 5) is 0. The fourth-order valence-corrected chi connectivity index (χ4v) is 3.64. The Hall–Kier alpha value is -0.0800. The van der Waals surface area contributed by atoms with Crippen molar-refractivity contribution in [3.63, 3.8) is 0 Å². The van der Waals surface area contributed by atoms with Gasteiger partial charge in [0.1, 0.15) is 0 Å². The van der Waals surface area contributed by atoms with Crippen molar-refractivity contribution in [2.45, 2.75) is 65.1 Å². The highest BCUT2D eigenvalue weighted by Crippen LogP contribution is 2.42. The molecule has 0 N–H and O–H groups in total. The Labute approximate surface area is 106 Å². The lowest BCUT2D eigenvalue weighted by atomic mass is 9.89. The highest BCUT2D eigenvalue weighted by molar-refractivity contribution is 4.82. The van der Waals surface area contributed by atoms with Crippen LogP contribution in [0.1, 0.15) is 58.8 Å². The molecule has 0 aromatic rings. The van der Waals surface area contributed by atoms with Crippen LogP contribution in [0.15, 0.2) is 0 Å². The van der Waals surface area contributed by atoms with Crippen molar-refractivity contribution in [1.82, 2.24) is 0 Å². The molecule has 1 saturated carbocycles. The highest BCUT2D eigenvalue weighted by atomic mass is 16.7. The van der Waals surface area contributed by atoms with Gasteiger partial charge in [0.15, 0.2) is 6.29 Å². The lowest BCUT2D eigenvalue weighted by molar-refractivity contribution is -0.0487. The zero-order valence-corrected chi connectivity index (χ0v) is 11.5. The Morgan fingerprint density at radius 3 is 2.24 bits per heavy atom. The molecule has 0 spiro atoms. The van der Waals surface area contributed by atoms with E-state index in [-0.39, 0.29) is 6.29 Å². The number of hydrogen-bond donors (Lipinski definition) is 0.